The third kappa shape index (κ3) is 4.15. The van der Waals surface area contributed by atoms with Crippen molar-refractivity contribution in [3.8, 4) is 10.6 Å². The van der Waals surface area contributed by atoms with E-state index >= 15 is 0 Å². The zero-order valence-corrected chi connectivity index (χ0v) is 15.7. The number of hydrogen-bond acceptors (Lipinski definition) is 5. The van der Waals surface area contributed by atoms with E-state index in [0.29, 0.717) is 10.6 Å². The van der Waals surface area contributed by atoms with Crippen molar-refractivity contribution < 1.29 is 4.79 Å². The summed E-state index contributed by atoms with van der Waals surface area (Å²) in [6.45, 7) is 1.83. The van der Waals surface area contributed by atoms with E-state index in [-0.39, 0.29) is 5.91 Å². The Kier molecular flexibility index (Phi) is 5.43. The van der Waals surface area contributed by atoms with Gasteiger partial charge >= 0.3 is 0 Å². The van der Waals surface area contributed by atoms with Crippen molar-refractivity contribution in [2.24, 2.45) is 5.10 Å². The molecule has 5 nitrogen and oxygen atoms in total. The summed E-state index contributed by atoms with van der Waals surface area (Å²) < 4.78 is 0. The fourth-order valence-corrected chi connectivity index (χ4v) is 3.35. The van der Waals surface area contributed by atoms with Crippen LogP contribution in [0.3, 0.4) is 0 Å². The first-order valence-electron chi connectivity index (χ1n) is 8.18. The van der Waals surface area contributed by atoms with Crippen molar-refractivity contribution in [2.45, 2.75) is 6.92 Å². The van der Waals surface area contributed by atoms with Crippen molar-refractivity contribution >= 4 is 29.1 Å². The van der Waals surface area contributed by atoms with Crippen LogP contribution in [0.4, 0.5) is 5.69 Å². The molecule has 132 valence electrons. The second-order valence-electron chi connectivity index (χ2n) is 5.98. The first-order chi connectivity index (χ1) is 12.5. The summed E-state index contributed by atoms with van der Waals surface area (Å²) >= 11 is 1.37. The number of nitrogens with zero attached hydrogens (tertiary/aromatic N) is 3. The van der Waals surface area contributed by atoms with E-state index in [1.807, 2.05) is 80.5 Å². The molecule has 6 heteroatoms. The highest BCUT2D eigenvalue weighted by molar-refractivity contribution is 7.17. The molecule has 0 saturated heterocycles. The molecule has 0 bridgehead atoms. The molecule has 0 fully saturated rings. The van der Waals surface area contributed by atoms with Crippen molar-refractivity contribution in [3.63, 3.8) is 0 Å². The molecule has 0 radical (unpaired) electrons. The van der Waals surface area contributed by atoms with Gasteiger partial charge in [0.05, 0.1) is 11.9 Å². The topological polar surface area (TPSA) is 57.6 Å². The average molecular weight is 364 g/mol. The van der Waals surface area contributed by atoms with Gasteiger partial charge in [-0.2, -0.15) is 5.10 Å². The van der Waals surface area contributed by atoms with Crippen molar-refractivity contribution in [1.29, 1.82) is 0 Å². The van der Waals surface area contributed by atoms with Crippen LogP contribution >= 0.6 is 11.3 Å². The Morgan fingerprint density at radius 2 is 1.81 bits per heavy atom. The molecule has 0 aliphatic rings. The monoisotopic (exact) mass is 364 g/mol. The van der Waals surface area contributed by atoms with Crippen molar-refractivity contribution in [3.05, 3.63) is 70.7 Å². The van der Waals surface area contributed by atoms with E-state index in [1.165, 1.54) is 11.3 Å². The van der Waals surface area contributed by atoms with Gasteiger partial charge in [-0.1, -0.05) is 42.5 Å². The molecular weight excluding hydrogens is 344 g/mol. The van der Waals surface area contributed by atoms with Crippen molar-refractivity contribution in [1.82, 2.24) is 10.4 Å². The van der Waals surface area contributed by atoms with Gasteiger partial charge in [0.25, 0.3) is 5.91 Å². The fraction of sp³-hybridized carbons (Fsp3) is 0.150. The van der Waals surface area contributed by atoms with Gasteiger partial charge in [0.2, 0.25) is 0 Å². The molecule has 1 amide bonds. The predicted molar refractivity (Wildman–Crippen MR) is 108 cm³/mol. The van der Waals surface area contributed by atoms with Crippen LogP contribution in [0.25, 0.3) is 10.6 Å². The molecule has 0 saturated carbocycles. The number of amides is 1. The molecule has 0 atom stereocenters. The Balaban J connectivity index is 1.67. The summed E-state index contributed by atoms with van der Waals surface area (Å²) in [4.78, 5) is 19.5. The van der Waals surface area contributed by atoms with E-state index in [4.69, 9.17) is 0 Å². The van der Waals surface area contributed by atoms with E-state index in [1.54, 1.807) is 6.21 Å². The highest BCUT2D eigenvalue weighted by Gasteiger charge is 2.15. The van der Waals surface area contributed by atoms with Gasteiger partial charge in [-0.3, -0.25) is 4.79 Å². The molecule has 0 spiro atoms. The van der Waals surface area contributed by atoms with Crippen LogP contribution in [0.1, 0.15) is 20.9 Å². The lowest BCUT2D eigenvalue weighted by atomic mass is 10.2. The number of carbonyl (C=O) groups is 1. The third-order valence-electron chi connectivity index (χ3n) is 3.81. The zero-order chi connectivity index (χ0) is 18.5. The number of hydrazone groups is 1. The van der Waals surface area contributed by atoms with E-state index in [0.717, 1.165) is 21.8 Å². The SMILES string of the molecule is Cc1nc(-c2ccccc2)sc1C(=O)N/N=C/c1ccc(N(C)C)cc1. The maximum Gasteiger partial charge on any atom is 0.283 e. The summed E-state index contributed by atoms with van der Waals surface area (Å²) in [6.07, 6.45) is 1.63. The standard InChI is InChI=1S/C20H20N4OS/c1-14-18(26-20(22-14)16-7-5-4-6-8-16)19(25)23-21-13-15-9-11-17(12-10-15)24(2)3/h4-13H,1-3H3,(H,23,25)/b21-13+. The van der Waals surface area contributed by atoms with Crippen LogP contribution in [0.2, 0.25) is 0 Å². The number of thiazole rings is 1. The van der Waals surface area contributed by atoms with Crippen LogP contribution < -0.4 is 10.3 Å². The van der Waals surface area contributed by atoms with Gasteiger partial charge in [0.1, 0.15) is 9.88 Å². The third-order valence-corrected chi connectivity index (χ3v) is 5.02. The molecular formula is C20H20N4OS. The first kappa shape index (κ1) is 17.8. The number of carbonyl (C=O) groups excluding carboxylic acids is 1. The molecule has 3 aromatic rings. The first-order valence-corrected chi connectivity index (χ1v) is 9.00. The smallest absolute Gasteiger partial charge is 0.283 e. The van der Waals surface area contributed by atoms with Gasteiger partial charge < -0.3 is 4.90 Å². The minimum Gasteiger partial charge on any atom is -0.378 e. The van der Waals surface area contributed by atoms with Crippen LogP contribution in [-0.2, 0) is 0 Å². The molecule has 1 aromatic heterocycles. The molecule has 2 aromatic carbocycles. The quantitative estimate of drug-likeness (QED) is 0.551. The number of benzene rings is 2. The molecule has 26 heavy (non-hydrogen) atoms. The second kappa shape index (κ2) is 7.93. The minimum absolute atomic E-state index is 0.247. The van der Waals surface area contributed by atoms with Crippen LogP contribution in [-0.4, -0.2) is 31.2 Å². The van der Waals surface area contributed by atoms with E-state index in [2.05, 4.69) is 15.5 Å². The number of nitrogens with one attached hydrogen (secondary N) is 1. The van der Waals surface area contributed by atoms with E-state index < -0.39 is 0 Å². The number of aryl methyl sites for hydroxylation is 1. The molecule has 1 heterocycles. The molecule has 0 unspecified atom stereocenters. The Bertz CT molecular complexity index is 915. The number of rotatable bonds is 5. The average Bonchev–Trinajstić information content (AvgIpc) is 3.05. The van der Waals surface area contributed by atoms with Gasteiger partial charge in [0.15, 0.2) is 0 Å². The van der Waals surface area contributed by atoms with Crippen molar-refractivity contribution in [2.75, 3.05) is 19.0 Å². The minimum atomic E-state index is -0.247. The largest absolute Gasteiger partial charge is 0.378 e. The Hall–Kier alpha value is -2.99. The van der Waals surface area contributed by atoms with Gasteiger partial charge in [-0.05, 0) is 24.6 Å². The fourth-order valence-electron chi connectivity index (χ4n) is 2.39. The Morgan fingerprint density at radius 1 is 1.12 bits per heavy atom. The highest BCUT2D eigenvalue weighted by atomic mass is 32.1. The lowest BCUT2D eigenvalue weighted by Crippen LogP contribution is -2.17. The summed E-state index contributed by atoms with van der Waals surface area (Å²) in [6, 6.07) is 17.7. The normalized spacial score (nSPS) is 10.9. The maximum absolute atomic E-state index is 12.4. The predicted octanol–water partition coefficient (Wildman–Crippen LogP) is 3.95. The lowest BCUT2D eigenvalue weighted by Gasteiger charge is -2.11. The van der Waals surface area contributed by atoms with Crippen LogP contribution in [0.5, 0.6) is 0 Å². The summed E-state index contributed by atoms with van der Waals surface area (Å²) in [7, 11) is 3.98. The van der Waals surface area contributed by atoms with Gasteiger partial charge in [0, 0.05) is 25.3 Å². The van der Waals surface area contributed by atoms with Gasteiger partial charge in [-0.15, -0.1) is 11.3 Å². The van der Waals surface area contributed by atoms with E-state index in [9.17, 15) is 4.79 Å². The molecule has 3 rings (SSSR count). The molecule has 0 aliphatic heterocycles. The second-order valence-corrected chi connectivity index (χ2v) is 6.98. The van der Waals surface area contributed by atoms with Crippen LogP contribution in [0.15, 0.2) is 59.7 Å². The Labute approximate surface area is 157 Å². The number of aromatic nitrogens is 1. The molecule has 1 N–H and O–H groups in total. The van der Waals surface area contributed by atoms with Crippen LogP contribution in [0, 0.1) is 6.92 Å². The summed E-state index contributed by atoms with van der Waals surface area (Å²) in [5, 5.41) is 4.89. The zero-order valence-electron chi connectivity index (χ0n) is 14.9. The number of hydrogen-bond donors (Lipinski definition) is 1. The lowest BCUT2D eigenvalue weighted by molar-refractivity contribution is 0.0958. The molecule has 0 aliphatic carbocycles. The summed E-state index contributed by atoms with van der Waals surface area (Å²) in [5.74, 6) is -0.247. The Morgan fingerprint density at radius 3 is 2.46 bits per heavy atom. The maximum atomic E-state index is 12.4. The van der Waals surface area contributed by atoms with Gasteiger partial charge in [-0.25, -0.2) is 10.4 Å². The number of anilines is 1. The highest BCUT2D eigenvalue weighted by Crippen LogP contribution is 2.27. The summed E-state index contributed by atoms with van der Waals surface area (Å²) in [5.41, 5.74) is 6.32.